The molecule has 0 saturated heterocycles. The second-order valence-corrected chi connectivity index (χ2v) is 6.34. The smallest absolute Gasteiger partial charge is 0.319 e. The Morgan fingerprint density at radius 3 is 2.42 bits per heavy atom. The van der Waals surface area contributed by atoms with Crippen LogP contribution in [0.1, 0.15) is 18.1 Å². The number of carbonyl (C=O) groups is 1. The first-order valence-electron chi connectivity index (χ1n) is 7.06. The Hall–Kier alpha value is -2.85. The Bertz CT molecular complexity index is 767. The lowest BCUT2D eigenvalue weighted by molar-refractivity contribution is -0.384. The van der Waals surface area contributed by atoms with Crippen LogP contribution in [0.3, 0.4) is 0 Å². The lowest BCUT2D eigenvalue weighted by Gasteiger charge is -2.11. The van der Waals surface area contributed by atoms with Crippen molar-refractivity contribution >= 4 is 23.4 Å². The fraction of sp³-hybridized carbons (Fsp3) is 0.176. The largest absolute Gasteiger partial charge is 0.460 e. The van der Waals surface area contributed by atoms with Gasteiger partial charge in [-0.2, -0.15) is 5.26 Å². The van der Waals surface area contributed by atoms with Crippen molar-refractivity contribution in [2.75, 3.05) is 0 Å². The third-order valence-corrected chi connectivity index (χ3v) is 4.25. The van der Waals surface area contributed by atoms with E-state index in [9.17, 15) is 14.9 Å². The van der Waals surface area contributed by atoms with E-state index >= 15 is 0 Å². The molecular formula is C17H14N2O4S. The number of non-ortho nitro benzene ring substituents is 1. The van der Waals surface area contributed by atoms with E-state index < -0.39 is 10.2 Å². The van der Waals surface area contributed by atoms with E-state index in [1.165, 1.54) is 23.9 Å². The molecule has 0 N–H and O–H groups in total. The van der Waals surface area contributed by atoms with Crippen molar-refractivity contribution in [2.24, 2.45) is 0 Å². The highest BCUT2D eigenvalue weighted by molar-refractivity contribution is 8.00. The number of rotatable bonds is 6. The van der Waals surface area contributed by atoms with E-state index in [0.29, 0.717) is 5.56 Å². The maximum absolute atomic E-state index is 12.0. The van der Waals surface area contributed by atoms with Gasteiger partial charge in [-0.05, 0) is 36.8 Å². The highest BCUT2D eigenvalue weighted by atomic mass is 32.2. The summed E-state index contributed by atoms with van der Waals surface area (Å²) in [6.45, 7) is 1.85. The van der Waals surface area contributed by atoms with Crippen molar-refractivity contribution in [1.82, 2.24) is 0 Å². The van der Waals surface area contributed by atoms with Crippen molar-refractivity contribution in [3.8, 4) is 6.07 Å². The summed E-state index contributed by atoms with van der Waals surface area (Å²) in [5, 5.41) is 18.9. The van der Waals surface area contributed by atoms with Gasteiger partial charge in [0.25, 0.3) is 5.69 Å². The van der Waals surface area contributed by atoms with Gasteiger partial charge in [0.05, 0.1) is 16.6 Å². The van der Waals surface area contributed by atoms with Gasteiger partial charge in [0.1, 0.15) is 11.9 Å². The number of nitrogens with zero attached hydrogens (tertiary/aromatic N) is 2. The van der Waals surface area contributed by atoms with Crippen LogP contribution in [0.25, 0.3) is 0 Å². The summed E-state index contributed by atoms with van der Waals surface area (Å²) in [4.78, 5) is 22.9. The summed E-state index contributed by atoms with van der Waals surface area (Å²) in [6.07, 6.45) is 0. The first-order chi connectivity index (χ1) is 11.5. The number of thioether (sulfide) groups is 1. The van der Waals surface area contributed by atoms with Crippen molar-refractivity contribution in [3.63, 3.8) is 0 Å². The second-order valence-electron chi connectivity index (χ2n) is 4.93. The number of hydrogen-bond donors (Lipinski definition) is 0. The minimum absolute atomic E-state index is 0.00963. The van der Waals surface area contributed by atoms with Crippen LogP contribution < -0.4 is 0 Å². The molecule has 0 aromatic heterocycles. The Morgan fingerprint density at radius 1 is 1.25 bits per heavy atom. The van der Waals surface area contributed by atoms with Gasteiger partial charge < -0.3 is 4.74 Å². The molecule has 0 radical (unpaired) electrons. The number of ether oxygens (including phenoxy) is 1. The normalized spacial score (nSPS) is 11.3. The molecule has 0 aliphatic rings. The zero-order valence-corrected chi connectivity index (χ0v) is 13.7. The van der Waals surface area contributed by atoms with E-state index in [2.05, 4.69) is 0 Å². The molecule has 0 fully saturated rings. The van der Waals surface area contributed by atoms with Gasteiger partial charge in [-0.15, -0.1) is 11.8 Å². The summed E-state index contributed by atoms with van der Waals surface area (Å²) in [5.41, 5.74) is 1.36. The van der Waals surface area contributed by atoms with Gasteiger partial charge in [-0.25, -0.2) is 0 Å². The average molecular weight is 342 g/mol. The van der Waals surface area contributed by atoms with Crippen molar-refractivity contribution < 1.29 is 14.5 Å². The molecule has 2 aromatic rings. The Kier molecular flexibility index (Phi) is 5.93. The lowest BCUT2D eigenvalue weighted by atomic mass is 10.2. The van der Waals surface area contributed by atoms with Crippen LogP contribution >= 0.6 is 11.8 Å². The van der Waals surface area contributed by atoms with Crippen molar-refractivity contribution in [3.05, 3.63) is 69.8 Å². The average Bonchev–Trinajstić information content (AvgIpc) is 2.60. The predicted molar refractivity (Wildman–Crippen MR) is 89.4 cm³/mol. The monoisotopic (exact) mass is 342 g/mol. The molecule has 6 nitrogen and oxygen atoms in total. The third kappa shape index (κ3) is 4.83. The summed E-state index contributed by atoms with van der Waals surface area (Å²) in [5.74, 6) is -0.372. The van der Waals surface area contributed by atoms with E-state index in [-0.39, 0.29) is 18.3 Å². The predicted octanol–water partition coefficient (Wildman–Crippen LogP) is 3.69. The van der Waals surface area contributed by atoms with Gasteiger partial charge in [-0.3, -0.25) is 14.9 Å². The quantitative estimate of drug-likeness (QED) is 0.344. The van der Waals surface area contributed by atoms with E-state index in [4.69, 9.17) is 10.00 Å². The Morgan fingerprint density at radius 2 is 1.88 bits per heavy atom. The molecule has 0 heterocycles. The number of nitriles is 1. The molecular weight excluding hydrogens is 328 g/mol. The number of hydrogen-bond acceptors (Lipinski definition) is 6. The van der Waals surface area contributed by atoms with Crippen LogP contribution in [0.15, 0.2) is 53.4 Å². The molecule has 0 aliphatic heterocycles. The van der Waals surface area contributed by atoms with Crippen LogP contribution in [0.5, 0.6) is 0 Å². The molecule has 1 atom stereocenters. The molecule has 0 aliphatic carbocycles. The summed E-state index contributed by atoms with van der Waals surface area (Å²) in [6, 6.07) is 14.8. The Balaban J connectivity index is 1.87. The molecule has 0 bridgehead atoms. The SMILES string of the molecule is C[C@@H](Sc1ccc([N+](=O)[O-])cc1)C(=O)OCc1ccc(C#N)cc1. The topological polar surface area (TPSA) is 93.2 Å². The number of benzene rings is 2. The standard InChI is InChI=1S/C17H14N2O4S/c1-12(24-16-8-6-15(7-9-16)19(21)22)17(20)23-11-14-4-2-13(10-18)3-5-14/h2-9,12H,11H2,1H3/t12-/m1/s1. The molecule has 7 heteroatoms. The maximum Gasteiger partial charge on any atom is 0.319 e. The first-order valence-corrected chi connectivity index (χ1v) is 7.94. The molecule has 2 aromatic carbocycles. The zero-order valence-electron chi connectivity index (χ0n) is 12.8. The molecule has 0 unspecified atom stereocenters. The van der Waals surface area contributed by atoms with Crippen LogP contribution in [0.2, 0.25) is 0 Å². The fourth-order valence-corrected chi connectivity index (χ4v) is 2.71. The molecule has 0 amide bonds. The lowest BCUT2D eigenvalue weighted by Crippen LogP contribution is -2.16. The van der Waals surface area contributed by atoms with Crippen molar-refractivity contribution in [2.45, 2.75) is 23.7 Å². The minimum atomic E-state index is -0.469. The van der Waals surface area contributed by atoms with E-state index in [1.54, 1.807) is 43.3 Å². The minimum Gasteiger partial charge on any atom is -0.460 e. The molecule has 24 heavy (non-hydrogen) atoms. The van der Waals surface area contributed by atoms with Crippen molar-refractivity contribution in [1.29, 1.82) is 5.26 Å². The number of nitro benzene ring substituents is 1. The fourth-order valence-electron chi connectivity index (χ4n) is 1.85. The van der Waals surface area contributed by atoms with E-state index in [0.717, 1.165) is 10.5 Å². The van der Waals surface area contributed by atoms with Gasteiger partial charge in [0.2, 0.25) is 0 Å². The van der Waals surface area contributed by atoms with Gasteiger partial charge in [0, 0.05) is 17.0 Å². The van der Waals surface area contributed by atoms with Crippen LogP contribution in [-0.4, -0.2) is 16.1 Å². The first kappa shape index (κ1) is 17.5. The van der Waals surface area contributed by atoms with Gasteiger partial charge in [0.15, 0.2) is 0 Å². The zero-order chi connectivity index (χ0) is 17.5. The number of carbonyl (C=O) groups excluding carboxylic acids is 1. The van der Waals surface area contributed by atoms with Gasteiger partial charge >= 0.3 is 5.97 Å². The third-order valence-electron chi connectivity index (χ3n) is 3.16. The molecule has 0 spiro atoms. The summed E-state index contributed by atoms with van der Waals surface area (Å²) >= 11 is 1.27. The molecule has 0 saturated carbocycles. The summed E-state index contributed by atoms with van der Waals surface area (Å²) < 4.78 is 5.25. The second kappa shape index (κ2) is 8.13. The highest BCUT2D eigenvalue weighted by Gasteiger charge is 2.16. The number of esters is 1. The summed E-state index contributed by atoms with van der Waals surface area (Å²) in [7, 11) is 0. The van der Waals surface area contributed by atoms with Gasteiger partial charge in [-0.1, -0.05) is 12.1 Å². The maximum atomic E-state index is 12.0. The highest BCUT2D eigenvalue weighted by Crippen LogP contribution is 2.26. The van der Waals surface area contributed by atoms with Crippen LogP contribution in [0, 0.1) is 21.4 Å². The van der Waals surface area contributed by atoms with E-state index in [1.807, 2.05) is 6.07 Å². The van der Waals surface area contributed by atoms with Crippen LogP contribution in [-0.2, 0) is 16.1 Å². The van der Waals surface area contributed by atoms with Crippen LogP contribution in [0.4, 0.5) is 5.69 Å². The number of nitro groups is 1. The molecule has 122 valence electrons. The Labute approximate surface area is 143 Å². The molecule has 2 rings (SSSR count).